The largest absolute Gasteiger partial charge is 0.456 e. The monoisotopic (exact) mass is 475 g/mol. The third-order valence-electron chi connectivity index (χ3n) is 4.65. The molecule has 7 nitrogen and oxygen atoms in total. The lowest BCUT2D eigenvalue weighted by Crippen LogP contribution is -2.22. The fourth-order valence-corrected chi connectivity index (χ4v) is 3.61. The number of anilines is 3. The summed E-state index contributed by atoms with van der Waals surface area (Å²) in [5, 5.41) is 2.02. The number of hydrogen-bond acceptors (Lipinski definition) is 5. The van der Waals surface area contributed by atoms with Crippen molar-refractivity contribution in [2.24, 2.45) is 5.73 Å². The van der Waals surface area contributed by atoms with Crippen molar-refractivity contribution in [3.05, 3.63) is 77.4 Å². The highest BCUT2D eigenvalue weighted by atomic mass is 32.2. The van der Waals surface area contributed by atoms with Gasteiger partial charge in [0.1, 0.15) is 28.7 Å². The zero-order chi connectivity index (χ0) is 24.3. The molecule has 0 bridgehead atoms. The van der Waals surface area contributed by atoms with Crippen LogP contribution in [0.5, 0.6) is 11.5 Å². The van der Waals surface area contributed by atoms with Gasteiger partial charge in [0.15, 0.2) is 0 Å². The first-order chi connectivity index (χ1) is 15.5. The topological polar surface area (TPSA) is 111 Å². The van der Waals surface area contributed by atoms with Crippen LogP contribution in [0.15, 0.2) is 54.6 Å². The van der Waals surface area contributed by atoms with Gasteiger partial charge in [-0.25, -0.2) is 17.2 Å². The number of rotatable bonds is 8. The number of amides is 1. The molecule has 3 aromatic rings. The summed E-state index contributed by atoms with van der Waals surface area (Å²) < 4.78 is 61.0. The van der Waals surface area contributed by atoms with E-state index in [-0.39, 0.29) is 34.1 Å². The van der Waals surface area contributed by atoms with Crippen LogP contribution in [0.2, 0.25) is 0 Å². The smallest absolute Gasteiger partial charge is 0.254 e. The Bertz CT molecular complexity index is 1310. The van der Waals surface area contributed by atoms with Crippen molar-refractivity contribution >= 4 is 33.0 Å². The van der Waals surface area contributed by atoms with Gasteiger partial charge < -0.3 is 15.8 Å². The van der Waals surface area contributed by atoms with E-state index in [9.17, 15) is 22.0 Å². The van der Waals surface area contributed by atoms with Gasteiger partial charge in [0, 0.05) is 12.1 Å². The fourth-order valence-electron chi connectivity index (χ4n) is 2.91. The zero-order valence-electron chi connectivity index (χ0n) is 18.1. The van der Waals surface area contributed by atoms with Crippen molar-refractivity contribution in [2.75, 3.05) is 10.0 Å². The SMILES string of the molecule is Cc1ccc(Nc2cc(F)cc(Oc3cccc(NS(=O)(=O)C(C)C)c3)c2C(N)=O)c(F)c1. The second kappa shape index (κ2) is 9.45. The van der Waals surface area contributed by atoms with Crippen LogP contribution in [0.1, 0.15) is 29.8 Å². The van der Waals surface area contributed by atoms with Crippen molar-refractivity contribution in [2.45, 2.75) is 26.0 Å². The molecule has 0 atom stereocenters. The molecular formula is C23H23F2N3O4S. The molecule has 0 saturated carbocycles. The number of sulfonamides is 1. The minimum Gasteiger partial charge on any atom is -0.456 e. The number of primary amides is 1. The molecule has 174 valence electrons. The molecule has 3 aromatic carbocycles. The van der Waals surface area contributed by atoms with E-state index in [2.05, 4.69) is 10.0 Å². The van der Waals surface area contributed by atoms with Gasteiger partial charge in [0.2, 0.25) is 10.0 Å². The lowest BCUT2D eigenvalue weighted by Gasteiger charge is -2.16. The van der Waals surface area contributed by atoms with Crippen LogP contribution in [0.4, 0.5) is 25.8 Å². The summed E-state index contributed by atoms with van der Waals surface area (Å²) in [6.07, 6.45) is 0. The van der Waals surface area contributed by atoms with E-state index in [1.807, 2.05) is 0 Å². The minimum absolute atomic E-state index is 0.0183. The average molecular weight is 476 g/mol. The van der Waals surface area contributed by atoms with Crippen molar-refractivity contribution < 1.29 is 26.7 Å². The van der Waals surface area contributed by atoms with Crippen molar-refractivity contribution in [1.82, 2.24) is 0 Å². The number of nitrogens with two attached hydrogens (primary N) is 1. The van der Waals surface area contributed by atoms with Gasteiger partial charge in [-0.3, -0.25) is 9.52 Å². The first kappa shape index (κ1) is 24.0. The van der Waals surface area contributed by atoms with E-state index in [0.717, 1.165) is 12.1 Å². The maximum Gasteiger partial charge on any atom is 0.254 e. The van der Waals surface area contributed by atoms with Gasteiger partial charge in [0.25, 0.3) is 5.91 Å². The Morgan fingerprint density at radius 2 is 1.76 bits per heavy atom. The van der Waals surface area contributed by atoms with E-state index in [0.29, 0.717) is 5.56 Å². The summed E-state index contributed by atoms with van der Waals surface area (Å²) in [6, 6.07) is 12.3. The molecule has 0 aromatic heterocycles. The summed E-state index contributed by atoms with van der Waals surface area (Å²) in [4.78, 5) is 12.2. The van der Waals surface area contributed by atoms with Gasteiger partial charge in [0.05, 0.1) is 22.3 Å². The van der Waals surface area contributed by atoms with Crippen LogP contribution in [0.3, 0.4) is 0 Å². The van der Waals surface area contributed by atoms with Crippen LogP contribution in [-0.2, 0) is 10.0 Å². The molecule has 4 N–H and O–H groups in total. The molecule has 0 fully saturated rings. The summed E-state index contributed by atoms with van der Waals surface area (Å²) in [7, 11) is -3.60. The van der Waals surface area contributed by atoms with Crippen LogP contribution >= 0.6 is 0 Å². The summed E-state index contributed by atoms with van der Waals surface area (Å²) >= 11 is 0. The molecule has 33 heavy (non-hydrogen) atoms. The Morgan fingerprint density at radius 3 is 2.39 bits per heavy atom. The maximum atomic E-state index is 14.4. The van der Waals surface area contributed by atoms with Crippen LogP contribution in [0, 0.1) is 18.6 Å². The molecular weight excluding hydrogens is 452 g/mol. The lowest BCUT2D eigenvalue weighted by atomic mass is 10.1. The summed E-state index contributed by atoms with van der Waals surface area (Å²) in [6.45, 7) is 4.77. The second-order valence-corrected chi connectivity index (χ2v) is 9.86. The summed E-state index contributed by atoms with van der Waals surface area (Å²) in [5.74, 6) is -2.39. The fraction of sp³-hybridized carbons (Fsp3) is 0.174. The van der Waals surface area contributed by atoms with Crippen LogP contribution < -0.4 is 20.5 Å². The first-order valence-corrected chi connectivity index (χ1v) is 11.5. The number of hydrogen-bond donors (Lipinski definition) is 3. The number of ether oxygens (including phenoxy) is 1. The molecule has 0 heterocycles. The average Bonchev–Trinajstić information content (AvgIpc) is 2.69. The maximum absolute atomic E-state index is 14.4. The van der Waals surface area contributed by atoms with E-state index >= 15 is 0 Å². The Kier molecular flexibility index (Phi) is 6.87. The second-order valence-electron chi connectivity index (χ2n) is 7.62. The van der Waals surface area contributed by atoms with Crippen LogP contribution in [-0.4, -0.2) is 19.6 Å². The predicted molar refractivity (Wildman–Crippen MR) is 124 cm³/mol. The quantitative estimate of drug-likeness (QED) is 0.422. The Morgan fingerprint density at radius 1 is 1.03 bits per heavy atom. The Labute approximate surface area is 190 Å². The number of nitrogens with one attached hydrogen (secondary N) is 2. The Hall–Kier alpha value is -3.66. The molecule has 0 saturated heterocycles. The number of aryl methyl sites for hydroxylation is 1. The number of halogens is 2. The van der Waals surface area contributed by atoms with Gasteiger partial charge in [-0.15, -0.1) is 0 Å². The van der Waals surface area contributed by atoms with Gasteiger partial charge in [-0.1, -0.05) is 12.1 Å². The minimum atomic E-state index is -3.60. The highest BCUT2D eigenvalue weighted by Gasteiger charge is 2.20. The summed E-state index contributed by atoms with van der Waals surface area (Å²) in [5.41, 5.74) is 6.15. The molecule has 0 unspecified atom stereocenters. The normalized spacial score (nSPS) is 11.3. The number of carbonyl (C=O) groups is 1. The standard InChI is InChI=1S/C23H23F2N3O4S/c1-13(2)33(30,31)28-16-5-4-6-17(12-16)32-21-11-15(24)10-20(22(21)23(26)29)27-19-8-7-14(3)9-18(19)25/h4-13,27-28H,1-3H3,(H2,26,29). The molecule has 1 amide bonds. The van der Waals surface area contributed by atoms with Gasteiger partial charge >= 0.3 is 0 Å². The molecule has 0 spiro atoms. The molecule has 0 radical (unpaired) electrons. The lowest BCUT2D eigenvalue weighted by molar-refractivity contribution is 0.0999. The van der Waals surface area contributed by atoms with Crippen molar-refractivity contribution in [3.8, 4) is 11.5 Å². The van der Waals surface area contributed by atoms with E-state index < -0.39 is 32.8 Å². The zero-order valence-corrected chi connectivity index (χ0v) is 19.0. The van der Waals surface area contributed by atoms with Crippen LogP contribution in [0.25, 0.3) is 0 Å². The molecule has 0 aliphatic carbocycles. The van der Waals surface area contributed by atoms with E-state index in [1.165, 1.54) is 50.2 Å². The highest BCUT2D eigenvalue weighted by molar-refractivity contribution is 7.93. The van der Waals surface area contributed by atoms with Crippen molar-refractivity contribution in [1.29, 1.82) is 0 Å². The highest BCUT2D eigenvalue weighted by Crippen LogP contribution is 2.35. The van der Waals surface area contributed by atoms with E-state index in [4.69, 9.17) is 10.5 Å². The van der Waals surface area contributed by atoms with Gasteiger partial charge in [-0.05, 0) is 56.7 Å². The molecule has 0 aliphatic rings. The predicted octanol–water partition coefficient (Wildman–Crippen LogP) is 5.06. The third kappa shape index (κ3) is 5.78. The molecule has 10 heteroatoms. The number of carbonyl (C=O) groups excluding carboxylic acids is 1. The first-order valence-electron chi connectivity index (χ1n) is 9.92. The Balaban J connectivity index is 1.99. The molecule has 0 aliphatic heterocycles. The molecule has 3 rings (SSSR count). The third-order valence-corrected chi connectivity index (χ3v) is 6.41. The van der Waals surface area contributed by atoms with Gasteiger partial charge in [-0.2, -0.15) is 0 Å². The van der Waals surface area contributed by atoms with Crippen molar-refractivity contribution in [3.63, 3.8) is 0 Å². The van der Waals surface area contributed by atoms with E-state index in [1.54, 1.807) is 13.0 Å². The number of benzene rings is 3.